The van der Waals surface area contributed by atoms with Crippen LogP contribution in [0.1, 0.15) is 33.1 Å². The van der Waals surface area contributed by atoms with Crippen molar-refractivity contribution < 1.29 is 14.3 Å². The summed E-state index contributed by atoms with van der Waals surface area (Å²) in [6.45, 7) is 5.74. The third-order valence-electron chi connectivity index (χ3n) is 4.22. The Morgan fingerprint density at radius 2 is 1.89 bits per heavy atom. The number of hydrogen-bond acceptors (Lipinski definition) is 6. The summed E-state index contributed by atoms with van der Waals surface area (Å²) in [5.41, 5.74) is 3.72. The molecule has 0 atom stereocenters. The maximum absolute atomic E-state index is 12.3. The van der Waals surface area contributed by atoms with Gasteiger partial charge in [-0.1, -0.05) is 24.3 Å². The zero-order chi connectivity index (χ0) is 19.6. The molecule has 1 amide bonds. The van der Waals surface area contributed by atoms with E-state index in [-0.39, 0.29) is 18.3 Å². The molecule has 0 radical (unpaired) electrons. The largest absolute Gasteiger partial charge is 0.450 e. The summed E-state index contributed by atoms with van der Waals surface area (Å²) >= 11 is 0. The van der Waals surface area contributed by atoms with Crippen LogP contribution in [0.3, 0.4) is 0 Å². The Bertz CT molecular complexity index is 1010. The van der Waals surface area contributed by atoms with Crippen LogP contribution in [0.15, 0.2) is 30.3 Å². The lowest BCUT2D eigenvalue weighted by atomic mass is 10.1. The molecule has 1 aromatic carbocycles. The van der Waals surface area contributed by atoms with E-state index < -0.39 is 5.97 Å². The van der Waals surface area contributed by atoms with E-state index in [0.717, 1.165) is 22.5 Å². The molecule has 0 aliphatic carbocycles. The number of likely N-dealkylation sites (N-methyl/N-ethyl adjacent to an activating group) is 1. The molecule has 0 saturated carbocycles. The number of aryl methyl sites for hydroxylation is 3. The third kappa shape index (κ3) is 4.11. The molecular weight excluding hydrogens is 346 g/mol. The summed E-state index contributed by atoms with van der Waals surface area (Å²) in [7, 11) is 1.67. The topological polar surface area (TPSA) is 89.7 Å². The molecule has 140 valence electrons. The molecule has 3 rings (SSSR count). The molecule has 2 aromatic heterocycles. The van der Waals surface area contributed by atoms with E-state index in [2.05, 4.69) is 15.1 Å². The van der Waals surface area contributed by atoms with E-state index in [9.17, 15) is 9.59 Å². The van der Waals surface area contributed by atoms with Gasteiger partial charge in [0, 0.05) is 25.0 Å². The van der Waals surface area contributed by atoms with E-state index in [1.54, 1.807) is 7.05 Å². The Morgan fingerprint density at radius 1 is 1.15 bits per heavy atom. The predicted molar refractivity (Wildman–Crippen MR) is 98.2 cm³/mol. The highest BCUT2D eigenvalue weighted by Crippen LogP contribution is 2.10. The second kappa shape index (κ2) is 7.53. The van der Waals surface area contributed by atoms with E-state index in [0.29, 0.717) is 12.3 Å². The second-order valence-corrected chi connectivity index (χ2v) is 6.44. The van der Waals surface area contributed by atoms with Crippen molar-refractivity contribution in [2.75, 3.05) is 13.7 Å². The highest BCUT2D eigenvalue weighted by molar-refractivity contribution is 5.88. The minimum absolute atomic E-state index is 0.120. The van der Waals surface area contributed by atoms with Gasteiger partial charge in [0.2, 0.25) is 0 Å². The summed E-state index contributed by atoms with van der Waals surface area (Å²) in [5, 5.41) is 4.10. The standard InChI is InChI=1S/C19H21N5O3/c1-12-7-5-6-8-15(12)10-23(4)16(25)11-27-18(26)17-21-19-20-13(2)9-14(3)24(19)22-17/h5-9H,10-11H2,1-4H3. The molecule has 0 bridgehead atoms. The van der Waals surface area contributed by atoms with Gasteiger partial charge in [0.25, 0.3) is 17.5 Å². The Morgan fingerprint density at radius 3 is 2.63 bits per heavy atom. The summed E-state index contributed by atoms with van der Waals surface area (Å²) in [6, 6.07) is 9.65. The van der Waals surface area contributed by atoms with Crippen LogP contribution >= 0.6 is 0 Å². The number of ether oxygens (including phenoxy) is 1. The van der Waals surface area contributed by atoms with Crippen molar-refractivity contribution in [1.29, 1.82) is 0 Å². The lowest BCUT2D eigenvalue weighted by Crippen LogP contribution is -2.31. The summed E-state index contributed by atoms with van der Waals surface area (Å²) in [6.07, 6.45) is 0. The zero-order valence-corrected chi connectivity index (χ0v) is 15.8. The molecule has 0 unspecified atom stereocenters. The fraction of sp³-hybridized carbons (Fsp3) is 0.316. The fourth-order valence-corrected chi connectivity index (χ4v) is 2.69. The maximum atomic E-state index is 12.3. The van der Waals surface area contributed by atoms with Crippen LogP contribution in [0.25, 0.3) is 5.78 Å². The number of nitrogens with zero attached hydrogens (tertiary/aromatic N) is 5. The van der Waals surface area contributed by atoms with Gasteiger partial charge < -0.3 is 9.64 Å². The van der Waals surface area contributed by atoms with Crippen molar-refractivity contribution in [3.63, 3.8) is 0 Å². The van der Waals surface area contributed by atoms with Gasteiger partial charge in [-0.05, 0) is 38.0 Å². The normalized spacial score (nSPS) is 10.8. The van der Waals surface area contributed by atoms with Crippen molar-refractivity contribution in [3.8, 4) is 0 Å². The Hall–Kier alpha value is -3.29. The Kier molecular flexibility index (Phi) is 5.16. The van der Waals surface area contributed by atoms with E-state index in [1.165, 1.54) is 9.42 Å². The number of aromatic nitrogens is 4. The van der Waals surface area contributed by atoms with Gasteiger partial charge in [-0.2, -0.15) is 4.98 Å². The molecule has 0 spiro atoms. The highest BCUT2D eigenvalue weighted by atomic mass is 16.5. The molecule has 2 heterocycles. The van der Waals surface area contributed by atoms with Gasteiger partial charge >= 0.3 is 5.97 Å². The first kappa shape index (κ1) is 18.5. The molecule has 8 nitrogen and oxygen atoms in total. The molecule has 0 N–H and O–H groups in total. The number of amides is 1. The molecule has 3 aromatic rings. The second-order valence-electron chi connectivity index (χ2n) is 6.44. The van der Waals surface area contributed by atoms with Crippen LogP contribution in [0, 0.1) is 20.8 Å². The number of rotatable bonds is 5. The minimum atomic E-state index is -0.754. The smallest absolute Gasteiger partial charge is 0.378 e. The average Bonchev–Trinajstić information content (AvgIpc) is 3.05. The number of carbonyl (C=O) groups is 2. The molecule has 27 heavy (non-hydrogen) atoms. The van der Waals surface area contributed by atoms with Crippen molar-refractivity contribution in [2.24, 2.45) is 0 Å². The van der Waals surface area contributed by atoms with Gasteiger partial charge in [0.15, 0.2) is 6.61 Å². The quantitative estimate of drug-likeness (QED) is 0.640. The first-order valence-corrected chi connectivity index (χ1v) is 8.52. The van der Waals surface area contributed by atoms with E-state index in [1.807, 2.05) is 51.1 Å². The van der Waals surface area contributed by atoms with Gasteiger partial charge in [0.1, 0.15) is 0 Å². The number of hydrogen-bond donors (Lipinski definition) is 0. The third-order valence-corrected chi connectivity index (χ3v) is 4.22. The van der Waals surface area contributed by atoms with Gasteiger partial charge in [-0.15, -0.1) is 5.10 Å². The zero-order valence-electron chi connectivity index (χ0n) is 15.8. The lowest BCUT2D eigenvalue weighted by molar-refractivity contribution is -0.133. The predicted octanol–water partition coefficient (Wildman–Crippen LogP) is 1.86. The van der Waals surface area contributed by atoms with Gasteiger partial charge in [-0.3, -0.25) is 4.79 Å². The maximum Gasteiger partial charge on any atom is 0.378 e. The molecule has 0 fully saturated rings. The van der Waals surface area contributed by atoms with Crippen LogP contribution in [-0.2, 0) is 16.1 Å². The average molecular weight is 367 g/mol. The number of carbonyl (C=O) groups excluding carboxylic acids is 2. The SMILES string of the molecule is Cc1cc(C)n2nc(C(=O)OCC(=O)N(C)Cc3ccccc3C)nc2n1. The fourth-order valence-electron chi connectivity index (χ4n) is 2.69. The number of benzene rings is 1. The van der Waals surface area contributed by atoms with Gasteiger partial charge in [-0.25, -0.2) is 14.3 Å². The van der Waals surface area contributed by atoms with Crippen molar-refractivity contribution in [1.82, 2.24) is 24.5 Å². The monoisotopic (exact) mass is 367 g/mol. The first-order chi connectivity index (χ1) is 12.8. The van der Waals surface area contributed by atoms with Crippen LogP contribution in [0.4, 0.5) is 0 Å². The van der Waals surface area contributed by atoms with Crippen molar-refractivity contribution in [2.45, 2.75) is 27.3 Å². The summed E-state index contributed by atoms with van der Waals surface area (Å²) in [5.74, 6) is -0.858. The Labute approximate surface area is 156 Å². The van der Waals surface area contributed by atoms with E-state index in [4.69, 9.17) is 4.74 Å². The number of fused-ring (bicyclic) bond motifs is 1. The van der Waals surface area contributed by atoms with E-state index >= 15 is 0 Å². The molecule has 0 aliphatic heterocycles. The highest BCUT2D eigenvalue weighted by Gasteiger charge is 2.19. The molecule has 0 aliphatic rings. The van der Waals surface area contributed by atoms with Crippen molar-refractivity contribution >= 4 is 17.7 Å². The number of esters is 1. The van der Waals surface area contributed by atoms with Crippen LogP contribution in [-0.4, -0.2) is 50.0 Å². The van der Waals surface area contributed by atoms with Crippen LogP contribution in [0.5, 0.6) is 0 Å². The van der Waals surface area contributed by atoms with Crippen LogP contribution < -0.4 is 0 Å². The summed E-state index contributed by atoms with van der Waals surface area (Å²) in [4.78, 5) is 34.3. The molecule has 0 saturated heterocycles. The van der Waals surface area contributed by atoms with Crippen LogP contribution in [0.2, 0.25) is 0 Å². The minimum Gasteiger partial charge on any atom is -0.450 e. The first-order valence-electron chi connectivity index (χ1n) is 8.52. The molecular formula is C19H21N5O3. The Balaban J connectivity index is 1.62. The molecule has 8 heteroatoms. The van der Waals surface area contributed by atoms with Crippen molar-refractivity contribution in [3.05, 3.63) is 58.7 Å². The summed E-state index contributed by atoms with van der Waals surface area (Å²) < 4.78 is 6.55. The van der Waals surface area contributed by atoms with Gasteiger partial charge in [0.05, 0.1) is 0 Å². The lowest BCUT2D eigenvalue weighted by Gasteiger charge is -2.18.